The van der Waals surface area contributed by atoms with E-state index in [1.54, 1.807) is 24.3 Å². The van der Waals surface area contributed by atoms with Crippen molar-refractivity contribution in [2.24, 2.45) is 0 Å². The first-order valence-electron chi connectivity index (χ1n) is 7.43. The summed E-state index contributed by atoms with van der Waals surface area (Å²) in [7, 11) is -3.12. The van der Waals surface area contributed by atoms with Crippen molar-refractivity contribution in [1.29, 1.82) is 0 Å². The summed E-state index contributed by atoms with van der Waals surface area (Å²) < 4.78 is 37.3. The molecule has 130 valence electrons. The monoisotopic (exact) mass is 378 g/mol. The highest BCUT2D eigenvalue weighted by Crippen LogP contribution is 2.21. The van der Waals surface area contributed by atoms with Crippen molar-refractivity contribution < 1.29 is 12.8 Å². The summed E-state index contributed by atoms with van der Waals surface area (Å²) in [4.78, 5) is 17.4. The Bertz CT molecular complexity index is 1080. The van der Waals surface area contributed by atoms with Crippen molar-refractivity contribution in [3.05, 3.63) is 64.7 Å². The second-order valence-corrected chi connectivity index (χ2v) is 8.83. The summed E-state index contributed by atoms with van der Waals surface area (Å²) in [5.41, 5.74) is 0.735. The molecule has 5 nitrogen and oxygen atoms in total. The minimum Gasteiger partial charge on any atom is -0.268 e. The van der Waals surface area contributed by atoms with Crippen LogP contribution in [0.4, 0.5) is 4.39 Å². The zero-order valence-corrected chi connectivity index (χ0v) is 15.0. The van der Waals surface area contributed by atoms with E-state index >= 15 is 0 Å². The lowest BCUT2D eigenvalue weighted by molar-refractivity contribution is 0.603. The van der Waals surface area contributed by atoms with Gasteiger partial charge in [0.15, 0.2) is 5.16 Å². The summed E-state index contributed by atoms with van der Waals surface area (Å²) in [6, 6.07) is 12.5. The second kappa shape index (κ2) is 6.97. The van der Waals surface area contributed by atoms with Crippen LogP contribution in [-0.2, 0) is 9.84 Å². The van der Waals surface area contributed by atoms with Gasteiger partial charge in [0, 0.05) is 12.0 Å². The summed E-state index contributed by atoms with van der Waals surface area (Å²) in [6.45, 7) is 0. The molecule has 0 aliphatic heterocycles. The molecule has 0 aliphatic carbocycles. The van der Waals surface area contributed by atoms with Crippen molar-refractivity contribution in [2.75, 3.05) is 17.8 Å². The number of sulfone groups is 1. The summed E-state index contributed by atoms with van der Waals surface area (Å²) >= 11 is 1.18. The minimum absolute atomic E-state index is 0.0240. The molecule has 0 saturated heterocycles. The molecule has 0 atom stereocenters. The molecular formula is C17H15FN2O3S2. The maximum atomic E-state index is 13.2. The largest absolute Gasteiger partial charge is 0.268 e. The number of hydrogen-bond donors (Lipinski definition) is 0. The zero-order valence-electron chi connectivity index (χ0n) is 13.3. The fourth-order valence-electron chi connectivity index (χ4n) is 2.31. The predicted molar refractivity (Wildman–Crippen MR) is 97.7 cm³/mol. The fraction of sp³-hybridized carbons (Fsp3) is 0.176. The van der Waals surface area contributed by atoms with Gasteiger partial charge in [-0.05, 0) is 36.4 Å². The minimum atomic E-state index is -3.12. The van der Waals surface area contributed by atoms with Crippen LogP contribution in [0.2, 0.25) is 0 Å². The average molecular weight is 378 g/mol. The molecule has 8 heteroatoms. The smallest absolute Gasteiger partial charge is 0.266 e. The van der Waals surface area contributed by atoms with Gasteiger partial charge >= 0.3 is 0 Å². The van der Waals surface area contributed by atoms with Gasteiger partial charge in [0.25, 0.3) is 5.56 Å². The third-order valence-corrected chi connectivity index (χ3v) is 5.66. The highest BCUT2D eigenvalue weighted by molar-refractivity contribution is 8.00. The quantitative estimate of drug-likeness (QED) is 0.504. The van der Waals surface area contributed by atoms with Crippen molar-refractivity contribution in [2.45, 2.75) is 5.16 Å². The Morgan fingerprint density at radius 2 is 1.80 bits per heavy atom. The van der Waals surface area contributed by atoms with E-state index in [0.29, 0.717) is 21.7 Å². The van der Waals surface area contributed by atoms with Crippen LogP contribution in [0.25, 0.3) is 16.6 Å². The molecule has 0 spiro atoms. The maximum Gasteiger partial charge on any atom is 0.266 e. The second-order valence-electron chi connectivity index (χ2n) is 5.51. The molecule has 0 saturated carbocycles. The third-order valence-electron chi connectivity index (χ3n) is 3.52. The lowest BCUT2D eigenvalue weighted by Gasteiger charge is -2.13. The van der Waals surface area contributed by atoms with E-state index in [1.165, 1.54) is 40.6 Å². The first-order valence-corrected chi connectivity index (χ1v) is 10.5. The lowest BCUT2D eigenvalue weighted by atomic mass is 10.2. The van der Waals surface area contributed by atoms with Gasteiger partial charge in [-0.15, -0.1) is 0 Å². The molecular weight excluding hydrogens is 363 g/mol. The van der Waals surface area contributed by atoms with Gasteiger partial charge in [-0.2, -0.15) is 0 Å². The van der Waals surface area contributed by atoms with Gasteiger partial charge in [0.05, 0.1) is 22.3 Å². The summed E-state index contributed by atoms with van der Waals surface area (Å²) in [6.07, 6.45) is 1.16. The number of aromatic nitrogens is 2. The molecule has 0 radical (unpaired) electrons. The Morgan fingerprint density at radius 1 is 1.12 bits per heavy atom. The number of rotatable bonds is 5. The maximum absolute atomic E-state index is 13.2. The van der Waals surface area contributed by atoms with Gasteiger partial charge in [-0.1, -0.05) is 23.9 Å². The molecule has 3 aromatic rings. The molecule has 2 aromatic carbocycles. The molecule has 3 rings (SSSR count). The van der Waals surface area contributed by atoms with Crippen molar-refractivity contribution in [3.63, 3.8) is 0 Å². The van der Waals surface area contributed by atoms with E-state index in [2.05, 4.69) is 4.98 Å². The highest BCUT2D eigenvalue weighted by Gasteiger charge is 2.14. The lowest BCUT2D eigenvalue weighted by Crippen LogP contribution is -2.22. The Hall–Kier alpha value is -2.19. The van der Waals surface area contributed by atoms with E-state index in [4.69, 9.17) is 0 Å². The molecule has 25 heavy (non-hydrogen) atoms. The van der Waals surface area contributed by atoms with Crippen LogP contribution < -0.4 is 5.56 Å². The Labute approximate surface area is 148 Å². The number of hydrogen-bond acceptors (Lipinski definition) is 5. The molecule has 0 fully saturated rings. The van der Waals surface area contributed by atoms with Crippen LogP contribution in [0, 0.1) is 5.82 Å². The topological polar surface area (TPSA) is 69.0 Å². The molecule has 1 heterocycles. The Morgan fingerprint density at radius 3 is 2.48 bits per heavy atom. The number of halogens is 1. The van der Waals surface area contributed by atoms with E-state index in [0.717, 1.165) is 6.26 Å². The van der Waals surface area contributed by atoms with Gasteiger partial charge in [0.1, 0.15) is 15.7 Å². The zero-order chi connectivity index (χ0) is 18.0. The van der Waals surface area contributed by atoms with E-state index in [9.17, 15) is 17.6 Å². The number of para-hydroxylation sites is 1. The standard InChI is InChI=1S/C17H15FN2O3S2/c1-25(22,23)11-10-24-17-19-15-5-3-2-4-14(15)16(21)20(17)13-8-6-12(18)7-9-13/h2-9H,10-11H2,1H3. The number of fused-ring (bicyclic) bond motifs is 1. The van der Waals surface area contributed by atoms with Crippen LogP contribution in [0.5, 0.6) is 0 Å². The Balaban J connectivity index is 2.14. The molecule has 0 aliphatic rings. The molecule has 1 aromatic heterocycles. The van der Waals surface area contributed by atoms with E-state index < -0.39 is 15.7 Å². The van der Waals surface area contributed by atoms with Crippen LogP contribution in [0.15, 0.2) is 58.5 Å². The summed E-state index contributed by atoms with van der Waals surface area (Å²) in [5.74, 6) is -0.161. The fourth-order valence-corrected chi connectivity index (χ4v) is 4.52. The number of thioether (sulfide) groups is 1. The SMILES string of the molecule is CS(=O)(=O)CCSc1nc2ccccc2c(=O)n1-c1ccc(F)cc1. The van der Waals surface area contributed by atoms with E-state index in [-0.39, 0.29) is 17.1 Å². The molecule has 0 bridgehead atoms. The van der Waals surface area contributed by atoms with Crippen LogP contribution in [0.1, 0.15) is 0 Å². The highest BCUT2D eigenvalue weighted by atomic mass is 32.2. The normalized spacial score (nSPS) is 11.8. The van der Waals surface area contributed by atoms with Gasteiger partial charge in [-0.25, -0.2) is 17.8 Å². The van der Waals surface area contributed by atoms with Gasteiger partial charge in [-0.3, -0.25) is 9.36 Å². The first-order chi connectivity index (χ1) is 11.8. The van der Waals surface area contributed by atoms with Crippen LogP contribution in [-0.4, -0.2) is 35.7 Å². The first kappa shape index (κ1) is 17.6. The predicted octanol–water partition coefficient (Wildman–Crippen LogP) is 2.66. The number of nitrogens with zero attached hydrogens (tertiary/aromatic N) is 2. The number of benzene rings is 2. The van der Waals surface area contributed by atoms with Crippen LogP contribution in [0.3, 0.4) is 0 Å². The molecule has 0 unspecified atom stereocenters. The van der Waals surface area contributed by atoms with Crippen molar-refractivity contribution in [3.8, 4) is 5.69 Å². The van der Waals surface area contributed by atoms with Crippen molar-refractivity contribution >= 4 is 32.5 Å². The molecule has 0 N–H and O–H groups in total. The Kier molecular flexibility index (Phi) is 4.91. The molecule has 0 amide bonds. The van der Waals surface area contributed by atoms with E-state index in [1.807, 2.05) is 0 Å². The summed E-state index contributed by atoms with van der Waals surface area (Å²) in [5, 5.41) is 0.818. The van der Waals surface area contributed by atoms with Crippen LogP contribution >= 0.6 is 11.8 Å². The van der Waals surface area contributed by atoms with Gasteiger partial charge in [0.2, 0.25) is 0 Å². The average Bonchev–Trinajstić information content (AvgIpc) is 2.55. The third kappa shape index (κ3) is 4.08. The van der Waals surface area contributed by atoms with Crippen molar-refractivity contribution in [1.82, 2.24) is 9.55 Å². The van der Waals surface area contributed by atoms with Gasteiger partial charge < -0.3 is 0 Å².